The van der Waals surface area contributed by atoms with Crippen molar-refractivity contribution in [2.75, 3.05) is 0 Å². The van der Waals surface area contributed by atoms with Gasteiger partial charge in [-0.05, 0) is 6.92 Å². The Bertz CT molecular complexity index is 302. The van der Waals surface area contributed by atoms with Crippen LogP contribution in [0.2, 0.25) is 0 Å². The lowest BCUT2D eigenvalue weighted by Gasteiger charge is -1.78. The Morgan fingerprint density at radius 2 is 2.44 bits per heavy atom. The molecule has 0 aliphatic carbocycles. The molecule has 0 radical (unpaired) electrons. The first-order valence-corrected chi connectivity index (χ1v) is 3.22. The molecule has 46 valence electrons. The molecule has 1 N–H and O–H groups in total. The lowest BCUT2D eigenvalue weighted by atomic mass is 10.4. The van der Waals surface area contributed by atoms with Crippen LogP contribution < -0.4 is 4.87 Å². The molecule has 3 heteroatoms. The predicted molar refractivity (Wildman–Crippen MR) is 37.6 cm³/mol. The third kappa shape index (κ3) is 1.03. The highest BCUT2D eigenvalue weighted by molar-refractivity contribution is 7.09. The molecule has 0 saturated carbocycles. The zero-order valence-corrected chi connectivity index (χ0v) is 5.71. The fourth-order valence-electron chi connectivity index (χ4n) is 0.543. The van der Waals surface area contributed by atoms with Gasteiger partial charge in [0.25, 0.3) is 0 Å². The number of hydrogen-bond donors (Lipinski definition) is 1. The van der Waals surface area contributed by atoms with E-state index in [1.54, 1.807) is 0 Å². The normalized spacial score (nSPS) is 8.89. The Morgan fingerprint density at radius 1 is 1.78 bits per heavy atom. The Morgan fingerprint density at radius 3 is 2.67 bits per heavy atom. The van der Waals surface area contributed by atoms with Crippen molar-refractivity contribution in [1.29, 1.82) is 0 Å². The average molecular weight is 139 g/mol. The van der Waals surface area contributed by atoms with E-state index in [1.165, 1.54) is 0 Å². The quantitative estimate of drug-likeness (QED) is 0.528. The second-order valence-electron chi connectivity index (χ2n) is 1.59. The Labute approximate surface area is 56.5 Å². The minimum Gasteiger partial charge on any atom is -0.306 e. The Balaban J connectivity index is 3.37. The van der Waals surface area contributed by atoms with E-state index >= 15 is 0 Å². The van der Waals surface area contributed by atoms with Gasteiger partial charge in [-0.3, -0.25) is 4.79 Å². The Kier molecular flexibility index (Phi) is 1.41. The molecule has 2 nitrogen and oxygen atoms in total. The SMILES string of the molecule is C#Cc1[nH]c(=O)sc1C. The number of H-pyrrole nitrogens is 1. The molecule has 1 rings (SSSR count). The number of aromatic amines is 1. The van der Waals surface area contributed by atoms with Crippen LogP contribution in [0.1, 0.15) is 10.6 Å². The molecule has 1 aromatic rings. The molecule has 0 saturated heterocycles. The van der Waals surface area contributed by atoms with Crippen LogP contribution in [0.25, 0.3) is 0 Å². The molecule has 0 spiro atoms. The fraction of sp³-hybridized carbons (Fsp3) is 0.167. The predicted octanol–water partition coefficient (Wildman–Crippen LogP) is 0.726. The molecule has 0 bridgehead atoms. The van der Waals surface area contributed by atoms with Gasteiger partial charge in [-0.25, -0.2) is 0 Å². The fourth-order valence-corrected chi connectivity index (χ4v) is 1.19. The minimum atomic E-state index is -0.0829. The summed E-state index contributed by atoms with van der Waals surface area (Å²) in [5.74, 6) is 2.37. The molecule has 0 aliphatic heterocycles. The van der Waals surface area contributed by atoms with Gasteiger partial charge in [0.2, 0.25) is 0 Å². The van der Waals surface area contributed by atoms with Crippen LogP contribution in [0.3, 0.4) is 0 Å². The van der Waals surface area contributed by atoms with E-state index in [0.717, 1.165) is 16.2 Å². The van der Waals surface area contributed by atoms with E-state index in [-0.39, 0.29) is 4.87 Å². The summed E-state index contributed by atoms with van der Waals surface area (Å²) < 4.78 is 0. The molecule has 0 fully saturated rings. The first-order chi connectivity index (χ1) is 4.24. The topological polar surface area (TPSA) is 32.9 Å². The van der Waals surface area contributed by atoms with Gasteiger partial charge in [-0.1, -0.05) is 17.3 Å². The highest BCUT2D eigenvalue weighted by Gasteiger charge is 1.96. The van der Waals surface area contributed by atoms with E-state index in [2.05, 4.69) is 10.9 Å². The van der Waals surface area contributed by atoms with Gasteiger partial charge >= 0.3 is 4.87 Å². The highest BCUT2D eigenvalue weighted by atomic mass is 32.1. The third-order valence-corrected chi connectivity index (χ3v) is 1.77. The lowest BCUT2D eigenvalue weighted by Crippen LogP contribution is -1.91. The summed E-state index contributed by atoms with van der Waals surface area (Å²) in [4.78, 5) is 13.9. The van der Waals surface area contributed by atoms with Crippen molar-refractivity contribution < 1.29 is 0 Å². The van der Waals surface area contributed by atoms with Crippen molar-refractivity contribution in [3.63, 3.8) is 0 Å². The van der Waals surface area contributed by atoms with E-state index in [1.807, 2.05) is 6.92 Å². The third-order valence-electron chi connectivity index (χ3n) is 0.969. The van der Waals surface area contributed by atoms with Gasteiger partial charge in [-0.2, -0.15) is 0 Å². The summed E-state index contributed by atoms with van der Waals surface area (Å²) in [5, 5.41) is 0. The molecular formula is C6H5NOS. The molecule has 0 atom stereocenters. The summed E-state index contributed by atoms with van der Waals surface area (Å²) in [6, 6.07) is 0. The van der Waals surface area contributed by atoms with Crippen LogP contribution in [0, 0.1) is 19.3 Å². The van der Waals surface area contributed by atoms with Crippen molar-refractivity contribution >= 4 is 11.3 Å². The van der Waals surface area contributed by atoms with E-state index in [4.69, 9.17) is 6.42 Å². The van der Waals surface area contributed by atoms with Gasteiger partial charge in [0.05, 0.1) is 0 Å². The largest absolute Gasteiger partial charge is 0.306 e. The number of aromatic nitrogens is 1. The van der Waals surface area contributed by atoms with Crippen LogP contribution in [0.5, 0.6) is 0 Å². The molecule has 9 heavy (non-hydrogen) atoms. The maximum atomic E-state index is 10.5. The maximum absolute atomic E-state index is 10.5. The zero-order valence-electron chi connectivity index (χ0n) is 4.89. The highest BCUT2D eigenvalue weighted by Crippen LogP contribution is 2.03. The second kappa shape index (κ2) is 2.08. The first-order valence-electron chi connectivity index (χ1n) is 2.40. The van der Waals surface area contributed by atoms with E-state index in [0.29, 0.717) is 5.69 Å². The molecule has 1 aromatic heterocycles. The van der Waals surface area contributed by atoms with Crippen LogP contribution in [0.4, 0.5) is 0 Å². The lowest BCUT2D eigenvalue weighted by molar-refractivity contribution is 1.28. The van der Waals surface area contributed by atoms with Crippen molar-refractivity contribution in [2.24, 2.45) is 0 Å². The number of rotatable bonds is 0. The first kappa shape index (κ1) is 6.12. The maximum Gasteiger partial charge on any atom is 0.305 e. The molecule has 0 unspecified atom stereocenters. The summed E-state index contributed by atoms with van der Waals surface area (Å²) in [6.07, 6.45) is 5.05. The molecular weight excluding hydrogens is 134 g/mol. The van der Waals surface area contributed by atoms with Crippen LogP contribution in [-0.4, -0.2) is 4.98 Å². The summed E-state index contributed by atoms with van der Waals surface area (Å²) in [6.45, 7) is 1.82. The number of thiazole rings is 1. The standard InChI is InChI=1S/C6H5NOS/c1-3-5-4(2)9-6(8)7-5/h1H,2H3,(H,7,8). The van der Waals surface area contributed by atoms with Crippen LogP contribution in [0.15, 0.2) is 4.79 Å². The monoisotopic (exact) mass is 139 g/mol. The molecule has 1 heterocycles. The van der Waals surface area contributed by atoms with Crippen molar-refractivity contribution in [1.82, 2.24) is 4.98 Å². The van der Waals surface area contributed by atoms with E-state index in [9.17, 15) is 4.79 Å². The second-order valence-corrected chi connectivity index (χ2v) is 2.78. The molecule has 0 aliphatic rings. The molecule has 0 amide bonds. The van der Waals surface area contributed by atoms with Crippen molar-refractivity contribution in [2.45, 2.75) is 6.92 Å². The minimum absolute atomic E-state index is 0.0829. The number of aryl methyl sites for hydroxylation is 1. The summed E-state index contributed by atoms with van der Waals surface area (Å²) in [5.41, 5.74) is 0.602. The number of nitrogens with one attached hydrogen (secondary N) is 1. The smallest absolute Gasteiger partial charge is 0.305 e. The zero-order chi connectivity index (χ0) is 6.85. The van der Waals surface area contributed by atoms with Crippen LogP contribution >= 0.6 is 11.3 Å². The van der Waals surface area contributed by atoms with Gasteiger partial charge in [0, 0.05) is 4.88 Å². The molecule has 0 aromatic carbocycles. The van der Waals surface area contributed by atoms with Gasteiger partial charge < -0.3 is 4.98 Å². The average Bonchev–Trinajstić information content (AvgIpc) is 2.10. The van der Waals surface area contributed by atoms with Gasteiger partial charge in [0.1, 0.15) is 5.69 Å². The number of hydrogen-bond acceptors (Lipinski definition) is 2. The summed E-state index contributed by atoms with van der Waals surface area (Å²) in [7, 11) is 0. The number of terminal acetylenes is 1. The van der Waals surface area contributed by atoms with Crippen molar-refractivity contribution in [3.05, 3.63) is 20.2 Å². The van der Waals surface area contributed by atoms with Crippen molar-refractivity contribution in [3.8, 4) is 12.3 Å². The van der Waals surface area contributed by atoms with Crippen LogP contribution in [-0.2, 0) is 0 Å². The summed E-state index contributed by atoms with van der Waals surface area (Å²) >= 11 is 1.14. The van der Waals surface area contributed by atoms with E-state index < -0.39 is 0 Å². The van der Waals surface area contributed by atoms with Gasteiger partial charge in [0.15, 0.2) is 0 Å². The Hall–Kier alpha value is -1.01. The van der Waals surface area contributed by atoms with Gasteiger partial charge in [-0.15, -0.1) is 6.42 Å².